The zero-order chi connectivity index (χ0) is 9.19. The highest BCUT2D eigenvalue weighted by atomic mass is 32.2. The van der Waals surface area contributed by atoms with Crippen molar-refractivity contribution in [2.24, 2.45) is 0 Å². The quantitative estimate of drug-likeness (QED) is 0.494. The van der Waals surface area contributed by atoms with Crippen molar-refractivity contribution in [1.29, 1.82) is 0 Å². The van der Waals surface area contributed by atoms with Crippen LogP contribution in [-0.4, -0.2) is 29.3 Å². The fraction of sp³-hybridized carbons (Fsp3) is 0.714. The van der Waals surface area contributed by atoms with Crippen molar-refractivity contribution < 1.29 is 13.2 Å². The van der Waals surface area contributed by atoms with Crippen LogP contribution in [0.3, 0.4) is 0 Å². The number of hydrogen-bond donors (Lipinski definition) is 0. The summed E-state index contributed by atoms with van der Waals surface area (Å²) in [5.41, 5.74) is 1.14. The molecule has 0 unspecified atom stereocenters. The van der Waals surface area contributed by atoms with Crippen molar-refractivity contribution in [3.8, 4) is 0 Å². The molecule has 5 heteroatoms. The summed E-state index contributed by atoms with van der Waals surface area (Å²) in [6.45, 7) is 3.21. The topological polar surface area (TPSA) is 3.24 Å². The maximum atomic E-state index is 11.7. The van der Waals surface area contributed by atoms with Crippen LogP contribution < -0.4 is 0 Å². The first-order valence-electron chi connectivity index (χ1n) is 3.57. The molecule has 70 valence electrons. The lowest BCUT2D eigenvalue weighted by Gasteiger charge is -2.14. The second kappa shape index (κ2) is 3.70. The van der Waals surface area contributed by atoms with Crippen molar-refractivity contribution >= 4 is 11.9 Å². The van der Waals surface area contributed by atoms with E-state index in [1.807, 2.05) is 13.0 Å². The molecular formula is C7H10F3NS. The van der Waals surface area contributed by atoms with Crippen LogP contribution in [0.25, 0.3) is 0 Å². The molecule has 0 radical (unpaired) electrons. The first kappa shape index (κ1) is 9.92. The third-order valence-corrected chi connectivity index (χ3v) is 2.58. The van der Waals surface area contributed by atoms with Gasteiger partial charge in [-0.2, -0.15) is 13.2 Å². The molecule has 0 aliphatic carbocycles. The van der Waals surface area contributed by atoms with Crippen molar-refractivity contribution in [3.63, 3.8) is 0 Å². The van der Waals surface area contributed by atoms with Gasteiger partial charge in [0.1, 0.15) is 5.75 Å². The van der Waals surface area contributed by atoms with Crippen LogP contribution in [0, 0.1) is 0 Å². The molecule has 1 heterocycles. The van der Waals surface area contributed by atoms with Crippen LogP contribution in [0.5, 0.6) is 0 Å². The van der Waals surface area contributed by atoms with Gasteiger partial charge in [-0.15, -0.1) is 0 Å². The van der Waals surface area contributed by atoms with E-state index in [1.165, 1.54) is 0 Å². The minimum Gasteiger partial charge on any atom is -0.242 e. The molecule has 0 amide bonds. The van der Waals surface area contributed by atoms with E-state index < -0.39 is 11.9 Å². The number of hydrogen-bond acceptors (Lipinski definition) is 2. The normalized spacial score (nSPS) is 19.8. The Hall–Kier alpha value is -0.160. The second-order valence-corrected chi connectivity index (χ2v) is 3.82. The lowest BCUT2D eigenvalue weighted by Crippen LogP contribution is -2.19. The molecule has 0 aromatic rings. The molecule has 0 bridgehead atoms. The molecule has 1 aliphatic heterocycles. The second-order valence-electron chi connectivity index (χ2n) is 2.76. The third kappa shape index (κ3) is 3.49. The largest absolute Gasteiger partial charge is 0.399 e. The maximum Gasteiger partial charge on any atom is 0.399 e. The van der Waals surface area contributed by atoms with Gasteiger partial charge in [0.25, 0.3) is 0 Å². The summed E-state index contributed by atoms with van der Waals surface area (Å²) in [6.07, 6.45) is -2.11. The molecule has 0 N–H and O–H groups in total. The van der Waals surface area contributed by atoms with Crippen molar-refractivity contribution in [3.05, 3.63) is 11.6 Å². The van der Waals surface area contributed by atoms with E-state index in [0.717, 1.165) is 17.5 Å². The van der Waals surface area contributed by atoms with E-state index >= 15 is 0 Å². The lowest BCUT2D eigenvalue weighted by atomic mass is 10.3. The molecule has 1 aliphatic rings. The molecule has 0 fully saturated rings. The van der Waals surface area contributed by atoms with Gasteiger partial charge in [-0.05, 0) is 6.92 Å². The molecule has 0 saturated heterocycles. The highest BCUT2D eigenvalue weighted by molar-refractivity contribution is 7.97. The maximum absolute atomic E-state index is 11.7. The van der Waals surface area contributed by atoms with Crippen molar-refractivity contribution in [2.75, 3.05) is 18.8 Å². The van der Waals surface area contributed by atoms with E-state index in [9.17, 15) is 13.2 Å². The number of halogens is 3. The number of alkyl halides is 3. The van der Waals surface area contributed by atoms with Gasteiger partial charge in [0.2, 0.25) is 0 Å². The predicted octanol–water partition coefficient (Wildman–Crippen LogP) is 2.46. The van der Waals surface area contributed by atoms with Gasteiger partial charge in [-0.3, -0.25) is 0 Å². The van der Waals surface area contributed by atoms with Crippen LogP contribution in [0.15, 0.2) is 11.6 Å². The zero-order valence-electron chi connectivity index (χ0n) is 6.69. The molecular weight excluding hydrogens is 187 g/mol. The Labute approximate surface area is 73.7 Å². The Kier molecular flexibility index (Phi) is 3.06. The monoisotopic (exact) mass is 197 g/mol. The van der Waals surface area contributed by atoms with Crippen LogP contribution >= 0.6 is 11.9 Å². The fourth-order valence-electron chi connectivity index (χ4n) is 0.928. The highest BCUT2D eigenvalue weighted by Gasteiger charge is 2.29. The Bertz CT molecular complexity index is 188. The fourth-order valence-corrected chi connectivity index (χ4v) is 1.73. The number of nitrogens with zero attached hydrogens (tertiary/aromatic N) is 1. The molecule has 0 saturated carbocycles. The summed E-state index contributed by atoms with van der Waals surface area (Å²) >= 11 is 0.851. The summed E-state index contributed by atoms with van der Waals surface area (Å²) in [6, 6.07) is 0. The molecule has 1 nitrogen and oxygen atoms in total. The van der Waals surface area contributed by atoms with Gasteiger partial charge in [0.15, 0.2) is 0 Å². The Morgan fingerprint density at radius 2 is 2.25 bits per heavy atom. The molecule has 12 heavy (non-hydrogen) atoms. The van der Waals surface area contributed by atoms with Gasteiger partial charge in [0.05, 0.1) is 0 Å². The molecule has 1 rings (SSSR count). The molecule has 0 aromatic heterocycles. The van der Waals surface area contributed by atoms with Gasteiger partial charge in [-0.1, -0.05) is 23.6 Å². The highest BCUT2D eigenvalue weighted by Crippen LogP contribution is 2.26. The SMILES string of the molecule is CC1=CCN(SCC(F)(F)F)C1. The van der Waals surface area contributed by atoms with Crippen LogP contribution in [-0.2, 0) is 0 Å². The van der Waals surface area contributed by atoms with E-state index in [-0.39, 0.29) is 0 Å². The van der Waals surface area contributed by atoms with Crippen LogP contribution in [0.4, 0.5) is 13.2 Å². The number of rotatable bonds is 2. The zero-order valence-corrected chi connectivity index (χ0v) is 7.50. The van der Waals surface area contributed by atoms with Crippen LogP contribution in [0.2, 0.25) is 0 Å². The lowest BCUT2D eigenvalue weighted by molar-refractivity contribution is -0.105. The Morgan fingerprint density at radius 1 is 1.58 bits per heavy atom. The summed E-state index contributed by atoms with van der Waals surface area (Å²) < 4.78 is 36.9. The van der Waals surface area contributed by atoms with E-state index in [2.05, 4.69) is 0 Å². The average Bonchev–Trinajstić information content (AvgIpc) is 2.30. The average molecular weight is 197 g/mol. The minimum atomic E-state index is -4.05. The van der Waals surface area contributed by atoms with Crippen molar-refractivity contribution in [1.82, 2.24) is 4.31 Å². The minimum absolute atomic E-state index is 0.632. The van der Waals surface area contributed by atoms with Crippen LogP contribution in [0.1, 0.15) is 6.92 Å². The molecule has 0 atom stereocenters. The van der Waals surface area contributed by atoms with E-state index in [1.54, 1.807) is 4.31 Å². The van der Waals surface area contributed by atoms with Gasteiger partial charge >= 0.3 is 6.18 Å². The molecule has 0 spiro atoms. The summed E-state index contributed by atoms with van der Waals surface area (Å²) in [7, 11) is 0. The van der Waals surface area contributed by atoms with Gasteiger partial charge in [0, 0.05) is 13.1 Å². The predicted molar refractivity (Wildman–Crippen MR) is 43.8 cm³/mol. The standard InChI is InChI=1S/C7H10F3NS/c1-6-2-3-11(4-6)12-5-7(8,9)10/h2H,3-5H2,1H3. The Morgan fingerprint density at radius 3 is 2.67 bits per heavy atom. The summed E-state index contributed by atoms with van der Waals surface area (Å²) in [5.74, 6) is -0.784. The first-order chi connectivity index (χ1) is 5.47. The van der Waals surface area contributed by atoms with Gasteiger partial charge in [-0.25, -0.2) is 4.31 Å². The summed E-state index contributed by atoms with van der Waals surface area (Å²) in [4.78, 5) is 0. The third-order valence-electron chi connectivity index (χ3n) is 1.48. The van der Waals surface area contributed by atoms with Gasteiger partial charge < -0.3 is 0 Å². The van der Waals surface area contributed by atoms with Crippen molar-refractivity contribution in [2.45, 2.75) is 13.1 Å². The summed E-state index contributed by atoms with van der Waals surface area (Å²) in [5, 5.41) is 0. The van der Waals surface area contributed by atoms with E-state index in [0.29, 0.717) is 13.1 Å². The first-order valence-corrected chi connectivity index (χ1v) is 4.52. The molecule has 0 aromatic carbocycles. The Balaban J connectivity index is 2.18. The van der Waals surface area contributed by atoms with E-state index in [4.69, 9.17) is 0 Å². The smallest absolute Gasteiger partial charge is 0.242 e.